The number of benzene rings is 1. The summed E-state index contributed by atoms with van der Waals surface area (Å²) in [6.07, 6.45) is 6.57. The summed E-state index contributed by atoms with van der Waals surface area (Å²) in [6, 6.07) is 6.58. The van der Waals surface area contributed by atoms with Gasteiger partial charge in [-0.15, -0.1) is 0 Å². The molecule has 0 heterocycles. The van der Waals surface area contributed by atoms with Crippen LogP contribution in [0.1, 0.15) is 38.5 Å². The van der Waals surface area contributed by atoms with Crippen molar-refractivity contribution in [3.05, 3.63) is 24.3 Å². The first kappa shape index (κ1) is 15.8. The molecule has 0 bridgehead atoms. The molecular weight excluding hydrogens is 302 g/mol. The zero-order valence-electron chi connectivity index (χ0n) is 12.6. The van der Waals surface area contributed by atoms with Crippen molar-refractivity contribution in [2.24, 2.45) is 5.41 Å². The largest absolute Gasteiger partial charge is 0.490 e. The van der Waals surface area contributed by atoms with Crippen molar-refractivity contribution in [2.75, 3.05) is 13.2 Å². The predicted molar refractivity (Wildman–Crippen MR) is 83.3 cm³/mol. The van der Waals surface area contributed by atoms with Gasteiger partial charge in [0.05, 0.1) is 11.0 Å². The van der Waals surface area contributed by atoms with E-state index < -0.39 is 10.0 Å². The normalized spacial score (nSPS) is 21.0. The highest BCUT2D eigenvalue weighted by molar-refractivity contribution is 7.89. The van der Waals surface area contributed by atoms with Crippen molar-refractivity contribution >= 4 is 10.0 Å². The molecule has 0 unspecified atom stereocenters. The fourth-order valence-electron chi connectivity index (χ4n) is 2.80. The minimum absolute atomic E-state index is 0.0314. The summed E-state index contributed by atoms with van der Waals surface area (Å²) in [5.74, 6) is 0.722. The maximum atomic E-state index is 12.2. The van der Waals surface area contributed by atoms with Crippen LogP contribution in [0, 0.1) is 5.41 Å². The van der Waals surface area contributed by atoms with E-state index in [0.717, 1.165) is 31.4 Å². The minimum Gasteiger partial charge on any atom is -0.490 e. The van der Waals surface area contributed by atoms with Gasteiger partial charge in [0.15, 0.2) is 0 Å². The first-order chi connectivity index (χ1) is 10.5. The Hall–Kier alpha value is -1.11. The van der Waals surface area contributed by atoms with E-state index in [4.69, 9.17) is 4.74 Å². The molecule has 6 heteroatoms. The third-order valence-corrected chi connectivity index (χ3v) is 6.09. The van der Waals surface area contributed by atoms with Crippen LogP contribution in [0.5, 0.6) is 5.75 Å². The van der Waals surface area contributed by atoms with Gasteiger partial charge in [0.2, 0.25) is 10.0 Å². The van der Waals surface area contributed by atoms with E-state index in [0.29, 0.717) is 6.54 Å². The van der Waals surface area contributed by atoms with Gasteiger partial charge in [-0.05, 0) is 62.8 Å². The summed E-state index contributed by atoms with van der Waals surface area (Å²) in [5, 5.41) is 9.24. The van der Waals surface area contributed by atoms with Crippen LogP contribution in [0.2, 0.25) is 0 Å². The summed E-state index contributed by atoms with van der Waals surface area (Å²) in [6.45, 7) is 0.329. The maximum Gasteiger partial charge on any atom is 0.240 e. The quantitative estimate of drug-likeness (QED) is 0.804. The van der Waals surface area contributed by atoms with Crippen LogP contribution >= 0.6 is 0 Å². The maximum absolute atomic E-state index is 12.2. The molecule has 0 atom stereocenters. The van der Waals surface area contributed by atoms with E-state index in [1.807, 2.05) is 0 Å². The van der Waals surface area contributed by atoms with E-state index in [2.05, 4.69) is 4.72 Å². The molecule has 3 rings (SSSR count). The van der Waals surface area contributed by atoms with Crippen molar-refractivity contribution in [2.45, 2.75) is 49.5 Å². The Morgan fingerprint density at radius 3 is 2.36 bits per heavy atom. The van der Waals surface area contributed by atoms with Gasteiger partial charge in [0, 0.05) is 18.6 Å². The Bertz CT molecular complexity index is 602. The number of ether oxygens (including phenoxy) is 1. The van der Waals surface area contributed by atoms with Crippen LogP contribution in [0.4, 0.5) is 0 Å². The molecule has 0 amide bonds. The second kappa shape index (κ2) is 6.18. The molecule has 0 saturated heterocycles. The van der Waals surface area contributed by atoms with Crippen LogP contribution < -0.4 is 9.46 Å². The molecule has 2 saturated carbocycles. The first-order valence-corrected chi connectivity index (χ1v) is 9.39. The van der Waals surface area contributed by atoms with Gasteiger partial charge < -0.3 is 9.84 Å². The topological polar surface area (TPSA) is 75.6 Å². The van der Waals surface area contributed by atoms with Crippen LogP contribution in [0.15, 0.2) is 29.2 Å². The van der Waals surface area contributed by atoms with E-state index in [1.54, 1.807) is 24.3 Å². The highest BCUT2D eigenvalue weighted by atomic mass is 32.2. The zero-order valence-corrected chi connectivity index (χ0v) is 13.4. The lowest BCUT2D eigenvalue weighted by atomic mass is 10.1. The van der Waals surface area contributed by atoms with Gasteiger partial charge in [-0.2, -0.15) is 0 Å². The number of hydrogen-bond donors (Lipinski definition) is 2. The summed E-state index contributed by atoms with van der Waals surface area (Å²) >= 11 is 0. The lowest BCUT2D eigenvalue weighted by Gasteiger charge is -2.15. The van der Waals surface area contributed by atoms with Crippen LogP contribution in [-0.4, -0.2) is 32.8 Å². The molecule has 1 aromatic rings. The smallest absolute Gasteiger partial charge is 0.240 e. The highest BCUT2D eigenvalue weighted by Crippen LogP contribution is 2.44. The molecule has 2 aliphatic carbocycles. The number of sulfonamides is 1. The third-order valence-electron chi connectivity index (χ3n) is 4.67. The molecule has 2 aliphatic rings. The Morgan fingerprint density at radius 1 is 1.18 bits per heavy atom. The fraction of sp³-hybridized carbons (Fsp3) is 0.625. The summed E-state index contributed by atoms with van der Waals surface area (Å²) < 4.78 is 32.9. The molecule has 122 valence electrons. The number of aliphatic hydroxyl groups is 1. The Kier molecular flexibility index (Phi) is 4.43. The van der Waals surface area contributed by atoms with Gasteiger partial charge in [-0.1, -0.05) is 0 Å². The molecular formula is C16H23NO4S. The minimum atomic E-state index is -3.52. The van der Waals surface area contributed by atoms with Crippen LogP contribution in [0.3, 0.4) is 0 Å². The fourth-order valence-corrected chi connectivity index (χ4v) is 3.95. The molecule has 0 aliphatic heterocycles. The van der Waals surface area contributed by atoms with Gasteiger partial charge in [-0.3, -0.25) is 0 Å². The molecule has 0 aromatic heterocycles. The Morgan fingerprint density at radius 2 is 1.82 bits per heavy atom. The standard InChI is InChI=1S/C16H23NO4S/c18-12-16(9-10-16)11-17-22(19,20)15-7-5-14(6-8-15)21-13-3-1-2-4-13/h5-8,13,17-18H,1-4,9-12H2. The van der Waals surface area contributed by atoms with Crippen molar-refractivity contribution in [1.82, 2.24) is 4.72 Å². The van der Waals surface area contributed by atoms with Crippen molar-refractivity contribution in [1.29, 1.82) is 0 Å². The molecule has 2 N–H and O–H groups in total. The van der Waals surface area contributed by atoms with E-state index in [9.17, 15) is 13.5 Å². The lowest BCUT2D eigenvalue weighted by Crippen LogP contribution is -2.31. The van der Waals surface area contributed by atoms with E-state index >= 15 is 0 Å². The number of aliphatic hydroxyl groups excluding tert-OH is 1. The zero-order chi connectivity index (χ0) is 15.6. The third kappa shape index (κ3) is 3.62. The molecule has 5 nitrogen and oxygen atoms in total. The number of rotatable bonds is 7. The van der Waals surface area contributed by atoms with E-state index in [1.165, 1.54) is 12.8 Å². The lowest BCUT2D eigenvalue weighted by molar-refractivity contribution is 0.210. The second-order valence-electron chi connectivity index (χ2n) is 6.48. The SMILES string of the molecule is O=S(=O)(NCC1(CO)CC1)c1ccc(OC2CCCC2)cc1. The van der Waals surface area contributed by atoms with Gasteiger partial charge in [-0.25, -0.2) is 13.1 Å². The van der Waals surface area contributed by atoms with Crippen molar-refractivity contribution in [3.63, 3.8) is 0 Å². The monoisotopic (exact) mass is 325 g/mol. The first-order valence-electron chi connectivity index (χ1n) is 7.90. The van der Waals surface area contributed by atoms with Crippen LogP contribution in [-0.2, 0) is 10.0 Å². The summed E-state index contributed by atoms with van der Waals surface area (Å²) in [4.78, 5) is 0.236. The van der Waals surface area contributed by atoms with Crippen molar-refractivity contribution in [3.8, 4) is 5.75 Å². The molecule has 0 radical (unpaired) electrons. The van der Waals surface area contributed by atoms with Gasteiger partial charge in [0.25, 0.3) is 0 Å². The van der Waals surface area contributed by atoms with Gasteiger partial charge in [0.1, 0.15) is 5.75 Å². The van der Waals surface area contributed by atoms with E-state index in [-0.39, 0.29) is 23.0 Å². The average molecular weight is 325 g/mol. The Labute approximate surface area is 131 Å². The Balaban J connectivity index is 1.60. The average Bonchev–Trinajstić information content (AvgIpc) is 3.14. The van der Waals surface area contributed by atoms with Crippen LogP contribution in [0.25, 0.3) is 0 Å². The number of hydrogen-bond acceptors (Lipinski definition) is 4. The number of nitrogens with one attached hydrogen (secondary N) is 1. The predicted octanol–water partition coefficient (Wildman–Crippen LogP) is 2.06. The molecule has 0 spiro atoms. The molecule has 22 heavy (non-hydrogen) atoms. The summed E-state index contributed by atoms with van der Waals surface area (Å²) in [7, 11) is -3.52. The van der Waals surface area contributed by atoms with Gasteiger partial charge >= 0.3 is 0 Å². The summed E-state index contributed by atoms with van der Waals surface area (Å²) in [5.41, 5.74) is -0.238. The molecule has 1 aromatic carbocycles. The second-order valence-corrected chi connectivity index (χ2v) is 8.25. The highest BCUT2D eigenvalue weighted by Gasteiger charge is 2.42. The molecule has 2 fully saturated rings. The van der Waals surface area contributed by atoms with Crippen molar-refractivity contribution < 1.29 is 18.3 Å².